The molecule has 2 aromatic rings. The van der Waals surface area contributed by atoms with Crippen LogP contribution in [-0.4, -0.2) is 16.1 Å². The molecule has 0 aliphatic heterocycles. The first-order chi connectivity index (χ1) is 9.93. The summed E-state index contributed by atoms with van der Waals surface area (Å²) in [6.07, 6.45) is -1.75. The summed E-state index contributed by atoms with van der Waals surface area (Å²) in [5, 5.41) is 12.5. The van der Waals surface area contributed by atoms with Gasteiger partial charge in [0.2, 0.25) is 0 Å². The van der Waals surface area contributed by atoms with Gasteiger partial charge in [-0.25, -0.2) is 0 Å². The van der Waals surface area contributed by atoms with Gasteiger partial charge in [-0.15, -0.1) is 13.2 Å². The zero-order valence-corrected chi connectivity index (χ0v) is 10.8. The Hall–Kier alpha value is -2.53. The van der Waals surface area contributed by atoms with Crippen molar-refractivity contribution in [3.63, 3.8) is 0 Å². The average molecular weight is 296 g/mol. The standard InChI is InChI=1S/C13H11F3N4O/c14-13(15,16)21-12-5-9(1-2-10(12)6-18)11-7-19-20(8-11)4-3-17/h1-2,5,7-8H,4,6,18H2. The molecule has 110 valence electrons. The number of hydrogen-bond acceptors (Lipinski definition) is 4. The Morgan fingerprint density at radius 3 is 2.71 bits per heavy atom. The van der Waals surface area contributed by atoms with Crippen LogP contribution in [0, 0.1) is 11.3 Å². The molecule has 0 unspecified atom stereocenters. The van der Waals surface area contributed by atoms with Crippen LogP contribution < -0.4 is 10.5 Å². The number of nitrogens with two attached hydrogens (primary N) is 1. The molecular weight excluding hydrogens is 285 g/mol. The highest BCUT2D eigenvalue weighted by molar-refractivity contribution is 5.64. The summed E-state index contributed by atoms with van der Waals surface area (Å²) in [7, 11) is 0. The third-order valence-corrected chi connectivity index (χ3v) is 2.71. The molecule has 8 heteroatoms. The molecule has 5 nitrogen and oxygen atoms in total. The van der Waals surface area contributed by atoms with Gasteiger partial charge in [0.15, 0.2) is 0 Å². The molecule has 0 radical (unpaired) electrons. The highest BCUT2D eigenvalue weighted by atomic mass is 19.4. The number of nitrogens with zero attached hydrogens (tertiary/aromatic N) is 3. The number of aromatic nitrogens is 2. The monoisotopic (exact) mass is 296 g/mol. The van der Waals surface area contributed by atoms with Crippen molar-refractivity contribution in [3.05, 3.63) is 36.2 Å². The normalized spacial score (nSPS) is 11.2. The Labute approximate surface area is 118 Å². The molecule has 1 heterocycles. The minimum absolute atomic E-state index is 0.0623. The number of halogens is 3. The number of hydrogen-bond donors (Lipinski definition) is 1. The smallest absolute Gasteiger partial charge is 0.405 e. The van der Waals surface area contributed by atoms with E-state index in [1.165, 1.54) is 23.0 Å². The van der Waals surface area contributed by atoms with E-state index in [0.29, 0.717) is 11.1 Å². The first-order valence-corrected chi connectivity index (χ1v) is 5.91. The second kappa shape index (κ2) is 5.85. The van der Waals surface area contributed by atoms with Crippen LogP contribution in [0.25, 0.3) is 11.1 Å². The second-order valence-electron chi connectivity index (χ2n) is 4.16. The fourth-order valence-corrected chi connectivity index (χ4v) is 1.79. The molecule has 21 heavy (non-hydrogen) atoms. The molecule has 0 amide bonds. The number of rotatable bonds is 4. The summed E-state index contributed by atoms with van der Waals surface area (Å²) in [6.45, 7) is -0.00776. The van der Waals surface area contributed by atoms with Crippen molar-refractivity contribution in [1.82, 2.24) is 9.78 Å². The van der Waals surface area contributed by atoms with Crippen molar-refractivity contribution in [1.29, 1.82) is 5.26 Å². The maximum Gasteiger partial charge on any atom is 0.573 e. The second-order valence-corrected chi connectivity index (χ2v) is 4.16. The van der Waals surface area contributed by atoms with Gasteiger partial charge < -0.3 is 10.5 Å². The van der Waals surface area contributed by atoms with E-state index in [1.54, 1.807) is 12.3 Å². The largest absolute Gasteiger partial charge is 0.573 e. The van der Waals surface area contributed by atoms with Gasteiger partial charge in [-0.1, -0.05) is 12.1 Å². The molecular formula is C13H11F3N4O. The highest BCUT2D eigenvalue weighted by Crippen LogP contribution is 2.31. The van der Waals surface area contributed by atoms with Gasteiger partial charge >= 0.3 is 6.36 Å². The number of benzene rings is 1. The lowest BCUT2D eigenvalue weighted by Crippen LogP contribution is -2.18. The average Bonchev–Trinajstić information content (AvgIpc) is 2.86. The van der Waals surface area contributed by atoms with Gasteiger partial charge in [0, 0.05) is 23.9 Å². The number of nitriles is 1. The van der Waals surface area contributed by atoms with E-state index in [4.69, 9.17) is 11.0 Å². The molecule has 1 aromatic carbocycles. The topological polar surface area (TPSA) is 76.9 Å². The maximum absolute atomic E-state index is 12.4. The zero-order chi connectivity index (χ0) is 15.5. The Bertz CT molecular complexity index is 673. The lowest BCUT2D eigenvalue weighted by molar-refractivity contribution is -0.274. The minimum Gasteiger partial charge on any atom is -0.405 e. The Kier molecular flexibility index (Phi) is 4.14. The third kappa shape index (κ3) is 3.73. The minimum atomic E-state index is -4.78. The van der Waals surface area contributed by atoms with Crippen LogP contribution in [0.4, 0.5) is 13.2 Å². The molecule has 0 saturated heterocycles. The van der Waals surface area contributed by atoms with Crippen LogP contribution in [0.5, 0.6) is 5.75 Å². The van der Waals surface area contributed by atoms with Crippen molar-refractivity contribution < 1.29 is 17.9 Å². The lowest BCUT2D eigenvalue weighted by Gasteiger charge is -2.13. The molecule has 0 saturated carbocycles. The van der Waals surface area contributed by atoms with Crippen molar-refractivity contribution in [2.45, 2.75) is 19.5 Å². The van der Waals surface area contributed by atoms with Gasteiger partial charge in [0.1, 0.15) is 12.3 Å². The zero-order valence-electron chi connectivity index (χ0n) is 10.8. The molecule has 0 fully saturated rings. The van der Waals surface area contributed by atoms with Crippen LogP contribution in [0.15, 0.2) is 30.6 Å². The molecule has 1 aromatic heterocycles. The number of alkyl halides is 3. The molecule has 0 atom stereocenters. The molecule has 0 bridgehead atoms. The molecule has 0 spiro atoms. The van der Waals surface area contributed by atoms with Crippen LogP contribution in [0.1, 0.15) is 5.56 Å². The van der Waals surface area contributed by atoms with Crippen molar-refractivity contribution in [2.75, 3.05) is 0 Å². The first kappa shape index (κ1) is 14.9. The van der Waals surface area contributed by atoms with Gasteiger partial charge in [-0.3, -0.25) is 4.68 Å². The van der Waals surface area contributed by atoms with Gasteiger partial charge in [0.25, 0.3) is 0 Å². The van der Waals surface area contributed by atoms with Crippen LogP contribution in [0.2, 0.25) is 0 Å². The van der Waals surface area contributed by atoms with Crippen molar-refractivity contribution >= 4 is 0 Å². The van der Waals surface area contributed by atoms with Crippen LogP contribution in [0.3, 0.4) is 0 Å². The molecule has 2 N–H and O–H groups in total. The molecule has 2 rings (SSSR count). The van der Waals surface area contributed by atoms with E-state index >= 15 is 0 Å². The van der Waals surface area contributed by atoms with E-state index < -0.39 is 6.36 Å². The van der Waals surface area contributed by atoms with E-state index in [0.717, 1.165) is 0 Å². The number of ether oxygens (including phenoxy) is 1. The maximum atomic E-state index is 12.4. The van der Waals surface area contributed by atoms with Gasteiger partial charge in [-0.2, -0.15) is 10.4 Å². The summed E-state index contributed by atoms with van der Waals surface area (Å²) < 4.78 is 42.5. The predicted octanol–water partition coefficient (Wildman–Crippen LogP) is 2.43. The van der Waals surface area contributed by atoms with Crippen molar-refractivity contribution in [2.24, 2.45) is 5.73 Å². The Morgan fingerprint density at radius 1 is 1.33 bits per heavy atom. The van der Waals surface area contributed by atoms with Gasteiger partial charge in [-0.05, 0) is 11.6 Å². The summed E-state index contributed by atoms with van der Waals surface area (Å²) >= 11 is 0. The van der Waals surface area contributed by atoms with Gasteiger partial charge in [0.05, 0.1) is 12.3 Å². The van der Waals surface area contributed by atoms with Crippen LogP contribution >= 0.6 is 0 Å². The van der Waals surface area contributed by atoms with Crippen LogP contribution in [-0.2, 0) is 13.1 Å². The first-order valence-electron chi connectivity index (χ1n) is 5.91. The SMILES string of the molecule is N#CCn1cc(-c2ccc(CN)c(OC(F)(F)F)c2)cn1. The molecule has 0 aliphatic rings. The highest BCUT2D eigenvalue weighted by Gasteiger charge is 2.32. The van der Waals surface area contributed by atoms with E-state index in [1.807, 2.05) is 6.07 Å². The summed E-state index contributed by atoms with van der Waals surface area (Å²) in [5.74, 6) is -0.337. The van der Waals surface area contributed by atoms with Crippen molar-refractivity contribution in [3.8, 4) is 22.9 Å². The van der Waals surface area contributed by atoms with E-state index in [9.17, 15) is 13.2 Å². The molecule has 0 aliphatic carbocycles. The summed E-state index contributed by atoms with van der Waals surface area (Å²) in [5.41, 5.74) is 6.73. The fraction of sp³-hybridized carbons (Fsp3) is 0.231. The lowest BCUT2D eigenvalue weighted by atomic mass is 10.1. The van der Waals surface area contributed by atoms with E-state index in [2.05, 4.69) is 9.84 Å². The predicted molar refractivity (Wildman–Crippen MR) is 67.9 cm³/mol. The third-order valence-electron chi connectivity index (χ3n) is 2.71. The quantitative estimate of drug-likeness (QED) is 0.940. The van der Waals surface area contributed by atoms with E-state index in [-0.39, 0.29) is 24.4 Å². The Morgan fingerprint density at radius 2 is 2.10 bits per heavy atom. The Balaban J connectivity index is 2.36. The summed E-state index contributed by atoms with van der Waals surface area (Å²) in [4.78, 5) is 0. The fourth-order valence-electron chi connectivity index (χ4n) is 1.79. The summed E-state index contributed by atoms with van der Waals surface area (Å²) in [6, 6.07) is 6.27.